The van der Waals surface area contributed by atoms with E-state index in [-0.39, 0.29) is 6.04 Å². The second kappa shape index (κ2) is 13.9. The lowest BCUT2D eigenvalue weighted by Crippen LogP contribution is -2.20. The van der Waals surface area contributed by atoms with Crippen molar-refractivity contribution in [3.05, 3.63) is 138 Å². The van der Waals surface area contributed by atoms with Crippen molar-refractivity contribution < 1.29 is 9.47 Å². The maximum Gasteiger partial charge on any atom is 0.119 e. The molecule has 0 aliphatic rings. The smallest absolute Gasteiger partial charge is 0.119 e. The summed E-state index contributed by atoms with van der Waals surface area (Å²) < 4.78 is 11.7. The van der Waals surface area contributed by atoms with E-state index in [2.05, 4.69) is 60.7 Å². The van der Waals surface area contributed by atoms with Gasteiger partial charge in [-0.3, -0.25) is 0 Å². The predicted octanol–water partition coefficient (Wildman–Crippen LogP) is 7.60. The molecule has 0 heterocycles. The Balaban J connectivity index is 1.11. The standard InChI is InChI=1S/C33H35NO2/c34-31(20-15-28-18-23-33(24-19-28)36-26-30-12-5-2-6-13-30)14-8-7-9-27-16-21-32(22-17-27)35-25-29-10-3-1-4-11-29/h1-7,9-13,16-19,21-24,31H,8,14-15,20,25-26,34H2/b9-7+. The number of aryl methyl sites for hydroxylation is 1. The molecular formula is C33H35NO2. The number of benzene rings is 4. The molecule has 4 aromatic rings. The second-order valence-corrected chi connectivity index (χ2v) is 9.04. The molecule has 0 saturated heterocycles. The van der Waals surface area contributed by atoms with Crippen LogP contribution in [0.4, 0.5) is 0 Å². The van der Waals surface area contributed by atoms with Gasteiger partial charge in [-0.25, -0.2) is 0 Å². The van der Waals surface area contributed by atoms with Crippen molar-refractivity contribution in [1.29, 1.82) is 0 Å². The van der Waals surface area contributed by atoms with E-state index in [4.69, 9.17) is 15.2 Å². The van der Waals surface area contributed by atoms with Crippen LogP contribution in [0.2, 0.25) is 0 Å². The Morgan fingerprint density at radius 1 is 0.583 bits per heavy atom. The maximum absolute atomic E-state index is 6.37. The summed E-state index contributed by atoms with van der Waals surface area (Å²) in [7, 11) is 0. The van der Waals surface area contributed by atoms with Gasteiger partial charge >= 0.3 is 0 Å². The number of rotatable bonds is 13. The topological polar surface area (TPSA) is 44.5 Å². The highest BCUT2D eigenvalue weighted by atomic mass is 16.5. The fourth-order valence-corrected chi connectivity index (χ4v) is 3.94. The van der Waals surface area contributed by atoms with E-state index in [1.54, 1.807) is 0 Å². The van der Waals surface area contributed by atoms with Crippen LogP contribution in [-0.2, 0) is 19.6 Å². The van der Waals surface area contributed by atoms with Crippen molar-refractivity contribution in [2.75, 3.05) is 0 Å². The lowest BCUT2D eigenvalue weighted by Gasteiger charge is -2.11. The van der Waals surface area contributed by atoms with Crippen LogP contribution in [0, 0.1) is 0 Å². The van der Waals surface area contributed by atoms with Gasteiger partial charge in [-0.1, -0.05) is 97.1 Å². The lowest BCUT2D eigenvalue weighted by atomic mass is 10.0. The quantitative estimate of drug-likeness (QED) is 0.216. The highest BCUT2D eigenvalue weighted by molar-refractivity contribution is 5.50. The fraction of sp³-hybridized carbons (Fsp3) is 0.212. The highest BCUT2D eigenvalue weighted by Crippen LogP contribution is 2.17. The van der Waals surface area contributed by atoms with Gasteiger partial charge in [0.15, 0.2) is 0 Å². The molecule has 4 rings (SSSR count). The Labute approximate surface area is 215 Å². The molecule has 3 nitrogen and oxygen atoms in total. The van der Waals surface area contributed by atoms with Crippen LogP contribution in [0.1, 0.15) is 41.5 Å². The minimum Gasteiger partial charge on any atom is -0.489 e. The fourth-order valence-electron chi connectivity index (χ4n) is 3.94. The lowest BCUT2D eigenvalue weighted by molar-refractivity contribution is 0.306. The van der Waals surface area contributed by atoms with E-state index in [1.807, 2.05) is 60.7 Å². The summed E-state index contributed by atoms with van der Waals surface area (Å²) in [6.45, 7) is 1.17. The minimum absolute atomic E-state index is 0.192. The summed E-state index contributed by atoms with van der Waals surface area (Å²) in [6, 6.07) is 37.2. The number of hydrogen-bond acceptors (Lipinski definition) is 3. The molecule has 0 radical (unpaired) electrons. The monoisotopic (exact) mass is 477 g/mol. The molecule has 3 heteroatoms. The summed E-state index contributed by atoms with van der Waals surface area (Å²) in [5, 5.41) is 0. The van der Waals surface area contributed by atoms with Gasteiger partial charge in [-0.2, -0.15) is 0 Å². The molecule has 0 aromatic heterocycles. The maximum atomic E-state index is 6.37. The molecule has 0 saturated carbocycles. The molecule has 4 aromatic carbocycles. The van der Waals surface area contributed by atoms with Crippen LogP contribution < -0.4 is 15.2 Å². The second-order valence-electron chi connectivity index (χ2n) is 9.04. The summed E-state index contributed by atoms with van der Waals surface area (Å²) in [5.41, 5.74) is 11.2. The number of nitrogens with two attached hydrogens (primary N) is 1. The van der Waals surface area contributed by atoms with E-state index in [9.17, 15) is 0 Å². The van der Waals surface area contributed by atoms with Crippen LogP contribution in [-0.4, -0.2) is 6.04 Å². The molecule has 2 N–H and O–H groups in total. The Bertz CT molecular complexity index is 1170. The number of allylic oxidation sites excluding steroid dienone is 1. The highest BCUT2D eigenvalue weighted by Gasteiger charge is 2.03. The molecule has 0 amide bonds. The first-order valence-corrected chi connectivity index (χ1v) is 12.7. The van der Waals surface area contributed by atoms with Crippen molar-refractivity contribution in [3.8, 4) is 11.5 Å². The Morgan fingerprint density at radius 2 is 1.11 bits per heavy atom. The van der Waals surface area contributed by atoms with Crippen LogP contribution in [0.3, 0.4) is 0 Å². The third-order valence-electron chi connectivity index (χ3n) is 6.12. The Kier molecular flexibility index (Phi) is 9.77. The summed E-state index contributed by atoms with van der Waals surface area (Å²) in [6.07, 6.45) is 8.27. The van der Waals surface area contributed by atoms with E-state index in [0.29, 0.717) is 13.2 Å². The zero-order chi connectivity index (χ0) is 24.8. The van der Waals surface area contributed by atoms with Gasteiger partial charge in [0, 0.05) is 6.04 Å². The third-order valence-corrected chi connectivity index (χ3v) is 6.12. The van der Waals surface area contributed by atoms with Gasteiger partial charge < -0.3 is 15.2 Å². The van der Waals surface area contributed by atoms with Crippen LogP contribution in [0.15, 0.2) is 115 Å². The molecule has 1 atom stereocenters. The van der Waals surface area contributed by atoms with Gasteiger partial charge in [0.1, 0.15) is 24.7 Å². The zero-order valence-corrected chi connectivity index (χ0v) is 20.8. The minimum atomic E-state index is 0.192. The van der Waals surface area contributed by atoms with Gasteiger partial charge in [0.05, 0.1) is 0 Å². The third kappa shape index (κ3) is 8.75. The molecule has 184 valence electrons. The molecule has 0 fully saturated rings. The largest absolute Gasteiger partial charge is 0.489 e. The average molecular weight is 478 g/mol. The number of ether oxygens (including phenoxy) is 2. The molecule has 0 aliphatic heterocycles. The molecule has 0 spiro atoms. The van der Waals surface area contributed by atoms with Gasteiger partial charge in [-0.15, -0.1) is 0 Å². The Hall–Kier alpha value is -3.82. The van der Waals surface area contributed by atoms with Gasteiger partial charge in [0.25, 0.3) is 0 Å². The average Bonchev–Trinajstić information content (AvgIpc) is 2.94. The van der Waals surface area contributed by atoms with Gasteiger partial charge in [0.2, 0.25) is 0 Å². The van der Waals surface area contributed by atoms with Crippen LogP contribution in [0.25, 0.3) is 6.08 Å². The molecule has 1 unspecified atom stereocenters. The van der Waals surface area contributed by atoms with Crippen molar-refractivity contribution in [2.24, 2.45) is 5.73 Å². The van der Waals surface area contributed by atoms with E-state index in [0.717, 1.165) is 37.2 Å². The molecule has 0 bridgehead atoms. The summed E-state index contributed by atoms with van der Waals surface area (Å²) in [4.78, 5) is 0. The van der Waals surface area contributed by atoms with Crippen molar-refractivity contribution in [2.45, 2.75) is 44.9 Å². The predicted molar refractivity (Wildman–Crippen MR) is 149 cm³/mol. The first-order valence-electron chi connectivity index (χ1n) is 12.7. The van der Waals surface area contributed by atoms with E-state index >= 15 is 0 Å². The van der Waals surface area contributed by atoms with Crippen LogP contribution in [0.5, 0.6) is 11.5 Å². The first-order chi connectivity index (χ1) is 17.7. The Morgan fingerprint density at radius 3 is 1.67 bits per heavy atom. The molecular weight excluding hydrogens is 442 g/mol. The summed E-state index contributed by atoms with van der Waals surface area (Å²) in [5.74, 6) is 1.78. The summed E-state index contributed by atoms with van der Waals surface area (Å²) >= 11 is 0. The SMILES string of the molecule is NC(CC/C=C/c1ccc(OCc2ccccc2)cc1)CCc1ccc(OCc2ccccc2)cc1. The van der Waals surface area contributed by atoms with E-state index < -0.39 is 0 Å². The van der Waals surface area contributed by atoms with E-state index in [1.165, 1.54) is 22.3 Å². The van der Waals surface area contributed by atoms with Crippen molar-refractivity contribution >= 4 is 6.08 Å². The van der Waals surface area contributed by atoms with Crippen molar-refractivity contribution in [1.82, 2.24) is 0 Å². The zero-order valence-electron chi connectivity index (χ0n) is 20.8. The normalized spacial score (nSPS) is 11.9. The first kappa shape index (κ1) is 25.3. The molecule has 36 heavy (non-hydrogen) atoms. The van der Waals surface area contributed by atoms with Crippen molar-refractivity contribution in [3.63, 3.8) is 0 Å². The van der Waals surface area contributed by atoms with Gasteiger partial charge in [-0.05, 0) is 72.2 Å². The number of hydrogen-bond donors (Lipinski definition) is 1. The molecule has 0 aliphatic carbocycles. The van der Waals surface area contributed by atoms with Crippen LogP contribution >= 0.6 is 0 Å².